The van der Waals surface area contributed by atoms with Crippen LogP contribution in [0.15, 0.2) is 47.6 Å². The summed E-state index contributed by atoms with van der Waals surface area (Å²) in [5.74, 6) is 2.50. The van der Waals surface area contributed by atoms with Crippen molar-refractivity contribution in [1.82, 2.24) is 0 Å². The van der Waals surface area contributed by atoms with Crippen LogP contribution in [-0.4, -0.2) is 0 Å². The van der Waals surface area contributed by atoms with Gasteiger partial charge in [0.05, 0.1) is 0 Å². The summed E-state index contributed by atoms with van der Waals surface area (Å²) in [6.07, 6.45) is 24.5. The second-order valence-corrected chi connectivity index (χ2v) is 9.77. The predicted molar refractivity (Wildman–Crippen MR) is 138 cm³/mol. The standard InChI is InChI=1S/C26H40.2C2H6/c1-20(2)10-5-8-14-24-17-18-25-23(13-9-19-26(24,25)4)16-15-22-12-7-6-11-21(22)3;2*1-2/h5,8,15-16,20,24-25H,3,6-7,9-14,17-19H2,1-2,4H3;2*1-2H3/b8-5+,22-15-,23-16+;;/t24?,25?,26-;;/m1../s1. The normalized spacial score (nSPS) is 31.4. The van der Waals surface area contributed by atoms with Crippen molar-refractivity contribution >= 4 is 0 Å². The fourth-order valence-electron chi connectivity index (χ4n) is 5.76. The molecule has 30 heavy (non-hydrogen) atoms. The Morgan fingerprint density at radius 3 is 2.30 bits per heavy atom. The van der Waals surface area contributed by atoms with Crippen LogP contribution in [0, 0.1) is 23.2 Å². The van der Waals surface area contributed by atoms with E-state index in [4.69, 9.17) is 0 Å². The van der Waals surface area contributed by atoms with Gasteiger partial charge in [-0.1, -0.05) is 90.5 Å². The summed E-state index contributed by atoms with van der Waals surface area (Å²) in [6.45, 7) is 19.5. The molecule has 3 fully saturated rings. The van der Waals surface area contributed by atoms with Crippen LogP contribution in [0.3, 0.4) is 0 Å². The monoisotopic (exact) mass is 412 g/mol. The Morgan fingerprint density at radius 2 is 1.63 bits per heavy atom. The largest absolute Gasteiger partial charge is 0.0956 e. The van der Waals surface area contributed by atoms with Crippen LogP contribution in [0.5, 0.6) is 0 Å². The van der Waals surface area contributed by atoms with E-state index in [2.05, 4.69) is 51.7 Å². The SMILES string of the molecule is C=C1CCCC/C1=C/C=C1\CCC[C@]2(C)C(C/C=C/CC(C)C)CCC12.CC.CC. The Kier molecular flexibility index (Phi) is 12.7. The summed E-state index contributed by atoms with van der Waals surface area (Å²) in [6, 6.07) is 0. The minimum atomic E-state index is 0.536. The van der Waals surface area contributed by atoms with Gasteiger partial charge >= 0.3 is 0 Å². The van der Waals surface area contributed by atoms with Crippen LogP contribution in [0.1, 0.15) is 119 Å². The summed E-state index contributed by atoms with van der Waals surface area (Å²) in [5, 5.41) is 0. The first kappa shape index (κ1) is 27.0. The van der Waals surface area contributed by atoms with Crippen molar-refractivity contribution in [2.24, 2.45) is 23.2 Å². The Balaban J connectivity index is 0.00000106. The molecule has 0 radical (unpaired) electrons. The van der Waals surface area contributed by atoms with E-state index in [1.165, 1.54) is 81.8 Å². The molecule has 3 aliphatic carbocycles. The highest BCUT2D eigenvalue weighted by Gasteiger charge is 2.48. The highest BCUT2D eigenvalue weighted by molar-refractivity contribution is 5.35. The molecule has 2 unspecified atom stereocenters. The van der Waals surface area contributed by atoms with Gasteiger partial charge in [0.15, 0.2) is 0 Å². The van der Waals surface area contributed by atoms with Gasteiger partial charge in [0.25, 0.3) is 0 Å². The van der Waals surface area contributed by atoms with E-state index < -0.39 is 0 Å². The zero-order chi connectivity index (χ0) is 22.6. The zero-order valence-electron chi connectivity index (χ0n) is 21.5. The third-order valence-corrected chi connectivity index (χ3v) is 7.48. The lowest BCUT2D eigenvalue weighted by atomic mass is 9.63. The van der Waals surface area contributed by atoms with Crippen LogP contribution in [0.25, 0.3) is 0 Å². The summed E-state index contributed by atoms with van der Waals surface area (Å²) in [7, 11) is 0. The van der Waals surface area contributed by atoms with Gasteiger partial charge in [-0.3, -0.25) is 0 Å². The van der Waals surface area contributed by atoms with Crippen molar-refractivity contribution in [2.75, 3.05) is 0 Å². The molecular formula is C30H52. The Hall–Kier alpha value is -1.04. The van der Waals surface area contributed by atoms with Crippen molar-refractivity contribution in [2.45, 2.75) is 119 Å². The molecule has 0 aromatic carbocycles. The van der Waals surface area contributed by atoms with Gasteiger partial charge < -0.3 is 0 Å². The smallest absolute Gasteiger partial charge is 0.0143 e. The molecule has 0 spiro atoms. The van der Waals surface area contributed by atoms with Gasteiger partial charge in [-0.15, -0.1) is 0 Å². The molecule has 0 heteroatoms. The molecular weight excluding hydrogens is 360 g/mol. The molecule has 0 nitrogen and oxygen atoms in total. The van der Waals surface area contributed by atoms with Crippen LogP contribution >= 0.6 is 0 Å². The molecule has 3 rings (SSSR count). The van der Waals surface area contributed by atoms with Gasteiger partial charge in [-0.25, -0.2) is 0 Å². The molecule has 0 saturated heterocycles. The molecule has 0 heterocycles. The van der Waals surface area contributed by atoms with Crippen LogP contribution < -0.4 is 0 Å². The van der Waals surface area contributed by atoms with Crippen molar-refractivity contribution in [1.29, 1.82) is 0 Å². The van der Waals surface area contributed by atoms with Crippen molar-refractivity contribution in [3.8, 4) is 0 Å². The maximum absolute atomic E-state index is 4.30. The number of rotatable bonds is 5. The first-order valence-electron chi connectivity index (χ1n) is 13.2. The molecule has 0 aromatic rings. The van der Waals surface area contributed by atoms with Gasteiger partial charge in [-0.05, 0) is 99.4 Å². The quantitative estimate of drug-likeness (QED) is 0.394. The first-order chi connectivity index (χ1) is 14.5. The maximum Gasteiger partial charge on any atom is -0.0143 e. The summed E-state index contributed by atoms with van der Waals surface area (Å²) >= 11 is 0. The van der Waals surface area contributed by atoms with E-state index >= 15 is 0 Å². The molecule has 0 aliphatic heterocycles. The fraction of sp³-hybridized carbons (Fsp3) is 0.733. The minimum absolute atomic E-state index is 0.536. The second kappa shape index (κ2) is 14.1. The average Bonchev–Trinajstić information content (AvgIpc) is 3.10. The first-order valence-corrected chi connectivity index (χ1v) is 13.2. The Bertz CT molecular complexity index is 585. The zero-order valence-corrected chi connectivity index (χ0v) is 21.5. The van der Waals surface area contributed by atoms with E-state index in [-0.39, 0.29) is 0 Å². The Labute approximate surface area is 190 Å². The predicted octanol–water partition coefficient (Wildman–Crippen LogP) is 10.2. The van der Waals surface area contributed by atoms with E-state index in [1.54, 1.807) is 5.57 Å². The van der Waals surface area contributed by atoms with Gasteiger partial charge in [0, 0.05) is 0 Å². The molecule has 0 aromatic heterocycles. The van der Waals surface area contributed by atoms with E-state index in [0.29, 0.717) is 5.41 Å². The van der Waals surface area contributed by atoms with Crippen LogP contribution in [0.4, 0.5) is 0 Å². The molecule has 172 valence electrons. The lowest BCUT2D eigenvalue weighted by molar-refractivity contribution is 0.137. The lowest BCUT2D eigenvalue weighted by Gasteiger charge is -2.42. The third kappa shape index (κ3) is 7.28. The lowest BCUT2D eigenvalue weighted by Crippen LogP contribution is -2.33. The van der Waals surface area contributed by atoms with Gasteiger partial charge in [0.2, 0.25) is 0 Å². The fourth-order valence-corrected chi connectivity index (χ4v) is 5.76. The Morgan fingerprint density at radius 1 is 0.933 bits per heavy atom. The van der Waals surface area contributed by atoms with Crippen LogP contribution in [-0.2, 0) is 0 Å². The second-order valence-electron chi connectivity index (χ2n) is 9.77. The highest BCUT2D eigenvalue weighted by atomic mass is 14.5. The maximum atomic E-state index is 4.30. The molecule has 0 amide bonds. The number of allylic oxidation sites excluding steroid dienone is 7. The molecule has 3 saturated carbocycles. The van der Waals surface area contributed by atoms with E-state index in [0.717, 1.165) is 17.8 Å². The van der Waals surface area contributed by atoms with Crippen LogP contribution in [0.2, 0.25) is 0 Å². The van der Waals surface area contributed by atoms with Crippen molar-refractivity contribution in [3.05, 3.63) is 47.6 Å². The van der Waals surface area contributed by atoms with Crippen molar-refractivity contribution < 1.29 is 0 Å². The number of hydrogen-bond donors (Lipinski definition) is 0. The highest BCUT2D eigenvalue weighted by Crippen LogP contribution is 2.58. The minimum Gasteiger partial charge on any atom is -0.0956 e. The molecule has 3 atom stereocenters. The number of fused-ring (bicyclic) bond motifs is 1. The van der Waals surface area contributed by atoms with E-state index in [9.17, 15) is 0 Å². The van der Waals surface area contributed by atoms with Gasteiger partial charge in [-0.2, -0.15) is 0 Å². The summed E-state index contributed by atoms with van der Waals surface area (Å²) in [4.78, 5) is 0. The summed E-state index contributed by atoms with van der Waals surface area (Å²) < 4.78 is 0. The van der Waals surface area contributed by atoms with E-state index in [1.807, 2.05) is 27.7 Å². The third-order valence-electron chi connectivity index (χ3n) is 7.48. The van der Waals surface area contributed by atoms with Crippen molar-refractivity contribution in [3.63, 3.8) is 0 Å². The molecule has 0 N–H and O–H groups in total. The average molecular weight is 413 g/mol. The molecule has 3 aliphatic rings. The van der Waals surface area contributed by atoms with Gasteiger partial charge in [0.1, 0.15) is 0 Å². The summed E-state index contributed by atoms with van der Waals surface area (Å²) in [5.41, 5.74) is 5.21. The number of hydrogen-bond acceptors (Lipinski definition) is 0. The topological polar surface area (TPSA) is 0 Å². The molecule has 0 bridgehead atoms.